The summed E-state index contributed by atoms with van der Waals surface area (Å²) >= 11 is 3.36. The van der Waals surface area contributed by atoms with Gasteiger partial charge in [-0.05, 0) is 47.1 Å². The summed E-state index contributed by atoms with van der Waals surface area (Å²) in [5.74, 6) is -0.833. The van der Waals surface area contributed by atoms with Gasteiger partial charge in [0.1, 0.15) is 12.4 Å². The number of nitrogens with one attached hydrogen (secondary N) is 1. The van der Waals surface area contributed by atoms with Crippen LogP contribution in [0.15, 0.2) is 57.8 Å². The Balaban J connectivity index is 2.00. The number of aryl methyl sites for hydroxylation is 1. The van der Waals surface area contributed by atoms with E-state index in [-0.39, 0.29) is 28.8 Å². The van der Waals surface area contributed by atoms with Gasteiger partial charge >= 0.3 is 0 Å². The van der Waals surface area contributed by atoms with Gasteiger partial charge in [-0.3, -0.25) is 9.59 Å². The fourth-order valence-corrected chi connectivity index (χ4v) is 2.99. The number of para-hydroxylation sites is 2. The monoisotopic (exact) mass is 388 g/mol. The summed E-state index contributed by atoms with van der Waals surface area (Å²) in [4.78, 5) is 24.4. The third-order valence-electron chi connectivity index (χ3n) is 3.74. The SMILES string of the molecule is Cc1cc(=O)c2cccc(F)c2n1CC(=O)Nc1ccccc1Br. The standard InChI is InChI=1S/C18H14BrFN2O2/c1-11-9-16(23)12-5-4-7-14(20)18(12)22(11)10-17(24)21-15-8-3-2-6-13(15)19/h2-9H,10H2,1H3,(H,21,24). The first-order valence-corrected chi connectivity index (χ1v) is 8.09. The summed E-state index contributed by atoms with van der Waals surface area (Å²) in [6.07, 6.45) is 0. The minimum absolute atomic E-state index is 0.0924. The lowest BCUT2D eigenvalue weighted by atomic mass is 10.1. The Morgan fingerprint density at radius 3 is 2.71 bits per heavy atom. The highest BCUT2D eigenvalue weighted by atomic mass is 79.9. The molecule has 3 aromatic rings. The highest BCUT2D eigenvalue weighted by Crippen LogP contribution is 2.22. The Hall–Kier alpha value is -2.47. The van der Waals surface area contributed by atoms with Crippen LogP contribution in [0.3, 0.4) is 0 Å². The number of rotatable bonds is 3. The summed E-state index contributed by atoms with van der Waals surface area (Å²) in [5, 5.41) is 3.04. The number of pyridine rings is 1. The molecule has 1 amide bonds. The number of hydrogen-bond acceptors (Lipinski definition) is 2. The number of fused-ring (bicyclic) bond motifs is 1. The molecular weight excluding hydrogens is 375 g/mol. The lowest BCUT2D eigenvalue weighted by molar-refractivity contribution is -0.116. The van der Waals surface area contributed by atoms with Crippen LogP contribution in [0.1, 0.15) is 5.69 Å². The molecule has 0 saturated carbocycles. The second-order valence-electron chi connectivity index (χ2n) is 5.40. The fourth-order valence-electron chi connectivity index (χ4n) is 2.61. The van der Waals surface area contributed by atoms with Gasteiger partial charge in [0.2, 0.25) is 5.91 Å². The average molecular weight is 389 g/mol. The van der Waals surface area contributed by atoms with Crippen LogP contribution >= 0.6 is 15.9 Å². The molecule has 1 heterocycles. The summed E-state index contributed by atoms with van der Waals surface area (Å²) in [6, 6.07) is 13.0. The van der Waals surface area contributed by atoms with Crippen molar-refractivity contribution < 1.29 is 9.18 Å². The zero-order valence-electron chi connectivity index (χ0n) is 12.8. The lowest BCUT2D eigenvalue weighted by Gasteiger charge is -2.15. The van der Waals surface area contributed by atoms with Crippen LogP contribution in [0.25, 0.3) is 10.9 Å². The minimum Gasteiger partial charge on any atom is -0.333 e. The first-order chi connectivity index (χ1) is 11.5. The van der Waals surface area contributed by atoms with Crippen molar-refractivity contribution in [2.24, 2.45) is 0 Å². The molecule has 0 bridgehead atoms. The van der Waals surface area contributed by atoms with E-state index in [2.05, 4.69) is 21.2 Å². The van der Waals surface area contributed by atoms with Gasteiger partial charge in [0.25, 0.3) is 0 Å². The predicted octanol–water partition coefficient (Wildman–Crippen LogP) is 3.85. The molecule has 0 aliphatic rings. The van der Waals surface area contributed by atoms with E-state index in [1.807, 2.05) is 12.1 Å². The Labute approximate surface area is 146 Å². The molecular formula is C18H14BrFN2O2. The summed E-state index contributed by atoms with van der Waals surface area (Å²) in [5.41, 5.74) is 1.04. The molecule has 0 saturated heterocycles. The van der Waals surface area contributed by atoms with E-state index in [1.54, 1.807) is 25.1 Å². The van der Waals surface area contributed by atoms with E-state index < -0.39 is 5.82 Å². The topological polar surface area (TPSA) is 51.1 Å². The molecule has 122 valence electrons. The Morgan fingerprint density at radius 1 is 1.21 bits per heavy atom. The third kappa shape index (κ3) is 3.10. The van der Waals surface area contributed by atoms with E-state index >= 15 is 0 Å². The maximum absolute atomic E-state index is 14.2. The zero-order chi connectivity index (χ0) is 17.3. The second kappa shape index (κ2) is 6.57. The molecule has 1 aromatic heterocycles. The summed E-state index contributed by atoms with van der Waals surface area (Å²) < 4.78 is 16.5. The van der Waals surface area contributed by atoms with Crippen molar-refractivity contribution >= 4 is 38.4 Å². The van der Waals surface area contributed by atoms with Gasteiger partial charge in [-0.15, -0.1) is 0 Å². The Kier molecular flexibility index (Phi) is 4.49. The Morgan fingerprint density at radius 2 is 1.96 bits per heavy atom. The highest BCUT2D eigenvalue weighted by molar-refractivity contribution is 9.10. The van der Waals surface area contributed by atoms with Gasteiger partial charge in [-0.1, -0.05) is 18.2 Å². The molecule has 3 rings (SSSR count). The fraction of sp³-hybridized carbons (Fsp3) is 0.111. The van der Waals surface area contributed by atoms with Crippen LogP contribution in [0.5, 0.6) is 0 Å². The molecule has 0 spiro atoms. The second-order valence-corrected chi connectivity index (χ2v) is 6.25. The number of carbonyl (C=O) groups is 1. The number of amides is 1. The van der Waals surface area contributed by atoms with Crippen LogP contribution < -0.4 is 10.7 Å². The van der Waals surface area contributed by atoms with Crippen molar-refractivity contribution in [1.29, 1.82) is 0 Å². The van der Waals surface area contributed by atoms with E-state index in [9.17, 15) is 14.0 Å². The van der Waals surface area contributed by atoms with Crippen molar-refractivity contribution in [1.82, 2.24) is 4.57 Å². The van der Waals surface area contributed by atoms with E-state index in [0.717, 1.165) is 4.47 Å². The van der Waals surface area contributed by atoms with Crippen LogP contribution in [-0.2, 0) is 11.3 Å². The van der Waals surface area contributed by atoms with Crippen molar-refractivity contribution in [2.45, 2.75) is 13.5 Å². The molecule has 0 atom stereocenters. The van der Waals surface area contributed by atoms with Crippen LogP contribution in [-0.4, -0.2) is 10.5 Å². The number of aromatic nitrogens is 1. The lowest BCUT2D eigenvalue weighted by Crippen LogP contribution is -2.23. The first-order valence-electron chi connectivity index (χ1n) is 7.30. The summed E-state index contributed by atoms with van der Waals surface area (Å²) in [7, 11) is 0. The molecule has 0 radical (unpaired) electrons. The zero-order valence-corrected chi connectivity index (χ0v) is 14.4. The highest BCUT2D eigenvalue weighted by Gasteiger charge is 2.14. The van der Waals surface area contributed by atoms with Crippen LogP contribution in [0.2, 0.25) is 0 Å². The molecule has 6 heteroatoms. The minimum atomic E-state index is -0.526. The quantitative estimate of drug-likeness (QED) is 0.740. The molecule has 24 heavy (non-hydrogen) atoms. The average Bonchev–Trinajstić information content (AvgIpc) is 2.54. The van der Waals surface area contributed by atoms with Crippen LogP contribution in [0, 0.1) is 12.7 Å². The molecule has 0 unspecified atom stereocenters. The molecule has 4 nitrogen and oxygen atoms in total. The number of carbonyl (C=O) groups excluding carboxylic acids is 1. The van der Waals surface area contributed by atoms with Crippen LogP contribution in [0.4, 0.5) is 10.1 Å². The molecule has 0 aliphatic heterocycles. The number of anilines is 1. The number of hydrogen-bond donors (Lipinski definition) is 1. The van der Waals surface area contributed by atoms with Gasteiger partial charge in [0, 0.05) is 21.6 Å². The molecule has 1 N–H and O–H groups in total. The number of nitrogens with zero attached hydrogens (tertiary/aromatic N) is 1. The van der Waals surface area contributed by atoms with Crippen molar-refractivity contribution in [2.75, 3.05) is 5.32 Å². The van der Waals surface area contributed by atoms with E-state index in [4.69, 9.17) is 0 Å². The maximum Gasteiger partial charge on any atom is 0.244 e. The molecule has 0 aliphatic carbocycles. The third-order valence-corrected chi connectivity index (χ3v) is 4.43. The molecule has 0 fully saturated rings. The van der Waals surface area contributed by atoms with Gasteiger partial charge < -0.3 is 9.88 Å². The largest absolute Gasteiger partial charge is 0.333 e. The normalized spacial score (nSPS) is 10.8. The predicted molar refractivity (Wildman–Crippen MR) is 95.7 cm³/mol. The van der Waals surface area contributed by atoms with Gasteiger partial charge in [-0.25, -0.2) is 4.39 Å². The van der Waals surface area contributed by atoms with Crippen molar-refractivity contribution in [3.8, 4) is 0 Å². The first kappa shape index (κ1) is 16.4. The summed E-state index contributed by atoms with van der Waals surface area (Å²) in [6.45, 7) is 1.59. The number of halogens is 2. The van der Waals surface area contributed by atoms with Gasteiger partial charge in [0.15, 0.2) is 5.43 Å². The van der Waals surface area contributed by atoms with E-state index in [0.29, 0.717) is 11.4 Å². The van der Waals surface area contributed by atoms with Crippen molar-refractivity contribution in [3.63, 3.8) is 0 Å². The van der Waals surface area contributed by atoms with E-state index in [1.165, 1.54) is 22.8 Å². The smallest absolute Gasteiger partial charge is 0.244 e. The number of benzene rings is 2. The van der Waals surface area contributed by atoms with Gasteiger partial charge in [0.05, 0.1) is 11.2 Å². The maximum atomic E-state index is 14.2. The molecule has 2 aromatic carbocycles. The van der Waals surface area contributed by atoms with Gasteiger partial charge in [-0.2, -0.15) is 0 Å². The Bertz CT molecular complexity index is 998. The van der Waals surface area contributed by atoms with Crippen molar-refractivity contribution in [3.05, 3.63) is 74.7 Å².